The minimum atomic E-state index is -1.40. The molecule has 6 amide bonds. The molecule has 1 aromatic carbocycles. The van der Waals surface area contributed by atoms with E-state index in [1.54, 1.807) is 0 Å². The first-order chi connectivity index (χ1) is 17.1. The van der Waals surface area contributed by atoms with Crippen LogP contribution in [-0.2, 0) is 25.6 Å². The van der Waals surface area contributed by atoms with Crippen LogP contribution >= 0.6 is 12.2 Å². The minimum Gasteiger partial charge on any atom is -0.367 e. The number of hydrogen-bond donors (Lipinski definition) is 1. The molecule has 1 saturated carbocycles. The van der Waals surface area contributed by atoms with E-state index in [1.807, 2.05) is 18.2 Å². The molecule has 0 radical (unpaired) electrons. The SMILES string of the molecule is CN1C(=O)N(C)C(=O)C2(Cc3cc(C=C4C(=O)NC(=S)N(C5CC5)C4=O)ccc3N3CCCC32)C1=O. The van der Waals surface area contributed by atoms with Crippen molar-refractivity contribution < 1.29 is 24.0 Å². The van der Waals surface area contributed by atoms with Crippen LogP contribution in [0.25, 0.3) is 6.08 Å². The van der Waals surface area contributed by atoms with Gasteiger partial charge in [-0.1, -0.05) is 6.07 Å². The second kappa shape index (κ2) is 7.70. The fraction of sp³-hybridized carbons (Fsp3) is 0.440. The third-order valence-electron chi connectivity index (χ3n) is 8.01. The minimum absolute atomic E-state index is 0.00472. The summed E-state index contributed by atoms with van der Waals surface area (Å²) in [6.07, 6.45) is 4.86. The van der Waals surface area contributed by atoms with E-state index in [2.05, 4.69) is 10.2 Å². The number of urea groups is 1. The summed E-state index contributed by atoms with van der Waals surface area (Å²) in [6, 6.07) is 4.61. The summed E-state index contributed by atoms with van der Waals surface area (Å²) in [5.41, 5.74) is 0.888. The molecule has 4 fully saturated rings. The molecule has 1 aromatic rings. The van der Waals surface area contributed by atoms with E-state index in [0.717, 1.165) is 40.3 Å². The van der Waals surface area contributed by atoms with Crippen molar-refractivity contribution in [3.63, 3.8) is 0 Å². The third kappa shape index (κ3) is 3.01. The van der Waals surface area contributed by atoms with Gasteiger partial charge in [-0.2, -0.15) is 0 Å². The van der Waals surface area contributed by atoms with Gasteiger partial charge in [-0.05, 0) is 73.7 Å². The van der Waals surface area contributed by atoms with Crippen molar-refractivity contribution in [2.75, 3.05) is 25.5 Å². The summed E-state index contributed by atoms with van der Waals surface area (Å²) >= 11 is 5.20. The highest BCUT2D eigenvalue weighted by atomic mass is 32.1. The largest absolute Gasteiger partial charge is 0.367 e. The lowest BCUT2D eigenvalue weighted by molar-refractivity contribution is -0.159. The summed E-state index contributed by atoms with van der Waals surface area (Å²) in [5, 5.41) is 2.74. The predicted molar refractivity (Wildman–Crippen MR) is 132 cm³/mol. The Hall–Kier alpha value is -3.60. The molecule has 1 atom stereocenters. The van der Waals surface area contributed by atoms with E-state index in [4.69, 9.17) is 12.2 Å². The van der Waals surface area contributed by atoms with E-state index in [0.29, 0.717) is 18.5 Å². The van der Waals surface area contributed by atoms with E-state index in [-0.39, 0.29) is 29.2 Å². The van der Waals surface area contributed by atoms with Crippen LogP contribution in [0, 0.1) is 5.41 Å². The number of benzene rings is 1. The molecular formula is C25H25N5O5S. The molecule has 10 nitrogen and oxygen atoms in total. The second-order valence-corrected chi connectivity index (χ2v) is 10.5. The Bertz CT molecular complexity index is 1290. The van der Waals surface area contributed by atoms with Gasteiger partial charge < -0.3 is 4.90 Å². The first kappa shape index (κ1) is 22.8. The number of nitrogens with zero attached hydrogens (tertiary/aromatic N) is 4. The van der Waals surface area contributed by atoms with Gasteiger partial charge >= 0.3 is 6.03 Å². The number of rotatable bonds is 2. The molecule has 5 aliphatic rings. The molecule has 186 valence electrons. The van der Waals surface area contributed by atoms with E-state index in [9.17, 15) is 24.0 Å². The number of hydrogen-bond acceptors (Lipinski definition) is 7. The molecule has 1 unspecified atom stereocenters. The Kier molecular flexibility index (Phi) is 4.88. The van der Waals surface area contributed by atoms with Crippen LogP contribution < -0.4 is 10.2 Å². The van der Waals surface area contributed by atoms with Crippen molar-refractivity contribution >= 4 is 58.8 Å². The maximum Gasteiger partial charge on any atom is 0.332 e. The van der Waals surface area contributed by atoms with Crippen LogP contribution in [0.4, 0.5) is 10.5 Å². The molecule has 0 bridgehead atoms. The summed E-state index contributed by atoms with van der Waals surface area (Å²) in [5.74, 6) is -1.94. The first-order valence-corrected chi connectivity index (χ1v) is 12.5. The number of carbonyl (C=O) groups excluding carboxylic acids is 5. The second-order valence-electron chi connectivity index (χ2n) is 10.1. The zero-order chi connectivity index (χ0) is 25.5. The Morgan fingerprint density at radius 2 is 1.72 bits per heavy atom. The lowest BCUT2D eigenvalue weighted by Gasteiger charge is -2.50. The number of amides is 6. The predicted octanol–water partition coefficient (Wildman–Crippen LogP) is 1.04. The summed E-state index contributed by atoms with van der Waals surface area (Å²) in [7, 11) is 2.82. The standard InChI is InChI=1S/C25H25N5O5S/c1-27-21(33)25(22(34)28(2)24(27)35)12-14-10-13(5-8-17(14)29-9-3-4-18(25)29)11-16-19(31)26-23(36)30(20(16)32)15-6-7-15/h5,8,10-11,15,18H,3-4,6-7,9,12H2,1-2H3,(H,26,31,36). The number of barbiturate groups is 1. The number of nitrogens with one attached hydrogen (secondary N) is 1. The van der Waals surface area contributed by atoms with Crippen molar-refractivity contribution in [1.82, 2.24) is 20.0 Å². The number of anilines is 1. The third-order valence-corrected chi connectivity index (χ3v) is 8.31. The molecule has 3 saturated heterocycles. The molecule has 36 heavy (non-hydrogen) atoms. The van der Waals surface area contributed by atoms with Crippen molar-refractivity contribution in [2.45, 2.75) is 44.2 Å². The number of carbonyl (C=O) groups is 5. The molecule has 11 heteroatoms. The first-order valence-electron chi connectivity index (χ1n) is 12.1. The lowest BCUT2D eigenvalue weighted by atomic mass is 9.68. The summed E-state index contributed by atoms with van der Waals surface area (Å²) < 4.78 is 0. The maximum atomic E-state index is 13.5. The highest BCUT2D eigenvalue weighted by Crippen LogP contribution is 2.49. The van der Waals surface area contributed by atoms with Crippen molar-refractivity contribution in [1.29, 1.82) is 0 Å². The van der Waals surface area contributed by atoms with Gasteiger partial charge in [0.25, 0.3) is 11.8 Å². The van der Waals surface area contributed by atoms with Gasteiger partial charge in [-0.15, -0.1) is 0 Å². The average Bonchev–Trinajstić information content (AvgIpc) is 3.56. The van der Waals surface area contributed by atoms with Crippen molar-refractivity contribution in [3.8, 4) is 0 Å². The van der Waals surface area contributed by atoms with Crippen LogP contribution in [0.3, 0.4) is 0 Å². The Morgan fingerprint density at radius 3 is 2.39 bits per heavy atom. The highest BCUT2D eigenvalue weighted by molar-refractivity contribution is 7.80. The van der Waals surface area contributed by atoms with E-state index >= 15 is 0 Å². The van der Waals surface area contributed by atoms with Gasteiger partial charge in [0.2, 0.25) is 11.8 Å². The lowest BCUT2D eigenvalue weighted by Crippen LogP contribution is -2.70. The monoisotopic (exact) mass is 507 g/mol. The number of imide groups is 2. The Morgan fingerprint density at radius 1 is 1.03 bits per heavy atom. The van der Waals surface area contributed by atoms with Crippen molar-refractivity contribution in [3.05, 3.63) is 34.9 Å². The van der Waals surface area contributed by atoms with Gasteiger partial charge in [0.15, 0.2) is 10.5 Å². The number of thiocarbonyl (C=S) groups is 1. The normalized spacial score (nSPS) is 26.7. The highest BCUT2D eigenvalue weighted by Gasteiger charge is 2.63. The zero-order valence-corrected chi connectivity index (χ0v) is 20.8. The van der Waals surface area contributed by atoms with Crippen LogP contribution in [0.15, 0.2) is 23.8 Å². The molecule has 6 rings (SSSR count). The Balaban J connectivity index is 1.42. The fourth-order valence-electron chi connectivity index (χ4n) is 6.13. The van der Waals surface area contributed by atoms with Gasteiger partial charge in [-0.3, -0.25) is 39.2 Å². The van der Waals surface area contributed by atoms with Crippen LogP contribution in [0.1, 0.15) is 36.8 Å². The topological polar surface area (TPSA) is 110 Å². The number of fused-ring (bicyclic) bond motifs is 4. The van der Waals surface area contributed by atoms with Gasteiger partial charge in [0.1, 0.15) is 5.57 Å². The van der Waals surface area contributed by atoms with E-state index in [1.165, 1.54) is 25.1 Å². The molecule has 1 spiro atoms. The van der Waals surface area contributed by atoms with Gasteiger partial charge in [0, 0.05) is 32.4 Å². The molecule has 0 aromatic heterocycles. The molecule has 4 heterocycles. The molecule has 1 aliphatic carbocycles. The Labute approximate surface area is 212 Å². The van der Waals surface area contributed by atoms with Crippen LogP contribution in [0.5, 0.6) is 0 Å². The van der Waals surface area contributed by atoms with Gasteiger partial charge in [0.05, 0.1) is 6.04 Å². The smallest absolute Gasteiger partial charge is 0.332 e. The molecule has 4 aliphatic heterocycles. The van der Waals surface area contributed by atoms with Crippen LogP contribution in [0.2, 0.25) is 0 Å². The quantitative estimate of drug-likeness (QED) is 0.276. The van der Waals surface area contributed by atoms with Crippen LogP contribution in [-0.4, -0.2) is 82.2 Å². The average molecular weight is 508 g/mol. The molecular weight excluding hydrogens is 482 g/mol. The summed E-state index contributed by atoms with van der Waals surface area (Å²) in [6.45, 7) is 0.691. The zero-order valence-electron chi connectivity index (χ0n) is 19.9. The summed E-state index contributed by atoms with van der Waals surface area (Å²) in [4.78, 5) is 70.9. The molecule has 1 N–H and O–H groups in total. The van der Waals surface area contributed by atoms with Gasteiger partial charge in [-0.25, -0.2) is 4.79 Å². The van der Waals surface area contributed by atoms with E-state index < -0.39 is 35.1 Å². The van der Waals surface area contributed by atoms with Crippen molar-refractivity contribution in [2.24, 2.45) is 5.41 Å². The maximum absolute atomic E-state index is 13.5. The fourth-order valence-corrected chi connectivity index (χ4v) is 6.45.